The number of ether oxygens (including phenoxy) is 2. The van der Waals surface area contributed by atoms with Gasteiger partial charge in [0.2, 0.25) is 0 Å². The molecule has 7 heteroatoms. The molecular weight excluding hydrogens is 343 g/mol. The maximum absolute atomic E-state index is 14.0. The van der Waals surface area contributed by atoms with Crippen LogP contribution < -0.4 is 9.47 Å². The molecule has 0 bridgehead atoms. The van der Waals surface area contributed by atoms with E-state index in [2.05, 4.69) is 0 Å². The third-order valence-corrected chi connectivity index (χ3v) is 3.52. The minimum atomic E-state index is -5.72. The second-order valence-corrected chi connectivity index (χ2v) is 5.13. The molecule has 0 aromatic heterocycles. The van der Waals surface area contributed by atoms with Crippen LogP contribution in [0.3, 0.4) is 0 Å². The summed E-state index contributed by atoms with van der Waals surface area (Å²) in [6.45, 7) is 0. The van der Waals surface area contributed by atoms with Gasteiger partial charge < -0.3 is 9.47 Å². The molecule has 0 radical (unpaired) electrons. The average molecular weight is 358 g/mol. The first kappa shape index (κ1) is 18.8. The molecule has 2 rings (SSSR count). The quantitative estimate of drug-likeness (QED) is 0.523. The maximum atomic E-state index is 14.0. The van der Waals surface area contributed by atoms with Gasteiger partial charge in [-0.25, -0.2) is 0 Å². The molecule has 0 amide bonds. The van der Waals surface area contributed by atoms with Gasteiger partial charge in [-0.3, -0.25) is 0 Å². The third kappa shape index (κ3) is 4.10. The molecule has 0 N–H and O–H groups in total. The molecule has 0 saturated heterocycles. The van der Waals surface area contributed by atoms with E-state index in [1.807, 2.05) is 0 Å². The van der Waals surface area contributed by atoms with E-state index in [0.717, 1.165) is 18.2 Å². The number of hydrogen-bond acceptors (Lipinski definition) is 2. The van der Waals surface area contributed by atoms with E-state index in [1.165, 1.54) is 50.6 Å². The molecule has 0 aliphatic carbocycles. The van der Waals surface area contributed by atoms with E-state index in [1.54, 1.807) is 0 Å². The minimum absolute atomic E-state index is 0.190. The number of benzene rings is 2. The molecule has 2 aromatic carbocycles. The summed E-state index contributed by atoms with van der Waals surface area (Å²) in [5.74, 6) is -4.20. The van der Waals surface area contributed by atoms with Crippen LogP contribution in [0, 0.1) is 0 Å². The first-order valence-electron chi connectivity index (χ1n) is 7.14. The molecule has 0 saturated carbocycles. The van der Waals surface area contributed by atoms with E-state index < -0.39 is 17.7 Å². The Hall–Kier alpha value is -2.57. The summed E-state index contributed by atoms with van der Waals surface area (Å²) in [7, 11) is 2.79. The summed E-state index contributed by atoms with van der Waals surface area (Å²) in [4.78, 5) is 0. The lowest BCUT2D eigenvalue weighted by Crippen LogP contribution is -2.37. The zero-order valence-electron chi connectivity index (χ0n) is 13.4. The lowest BCUT2D eigenvalue weighted by molar-refractivity contribution is -0.253. The predicted octanol–water partition coefficient (Wildman–Crippen LogP) is 5.44. The van der Waals surface area contributed by atoms with Crippen LogP contribution in [0.25, 0.3) is 11.6 Å². The van der Waals surface area contributed by atoms with Crippen molar-refractivity contribution < 1.29 is 31.4 Å². The van der Waals surface area contributed by atoms with Crippen molar-refractivity contribution in [3.63, 3.8) is 0 Å². The maximum Gasteiger partial charge on any atom is 0.458 e. The van der Waals surface area contributed by atoms with E-state index in [-0.39, 0.29) is 11.1 Å². The first-order chi connectivity index (χ1) is 11.7. The van der Waals surface area contributed by atoms with Crippen molar-refractivity contribution in [2.24, 2.45) is 0 Å². The zero-order chi connectivity index (χ0) is 18.7. The van der Waals surface area contributed by atoms with E-state index in [0.29, 0.717) is 11.5 Å². The highest BCUT2D eigenvalue weighted by atomic mass is 19.4. The summed E-state index contributed by atoms with van der Waals surface area (Å²) in [5.41, 5.74) is -1.21. The fraction of sp³-hybridized carbons (Fsp3) is 0.222. The summed E-state index contributed by atoms with van der Waals surface area (Å²) >= 11 is 0. The predicted molar refractivity (Wildman–Crippen MR) is 84.9 cm³/mol. The molecule has 2 aromatic rings. The summed E-state index contributed by atoms with van der Waals surface area (Å²) in [6.07, 6.45) is -4.90. The van der Waals surface area contributed by atoms with Gasteiger partial charge in [-0.1, -0.05) is 24.3 Å². The lowest BCUT2D eigenvalue weighted by Gasteiger charge is -2.23. The normalized spacial score (nSPS) is 12.8. The highest BCUT2D eigenvalue weighted by Crippen LogP contribution is 2.46. The molecule has 25 heavy (non-hydrogen) atoms. The molecule has 0 unspecified atom stereocenters. The monoisotopic (exact) mass is 358 g/mol. The summed E-state index contributed by atoms with van der Waals surface area (Å²) < 4.78 is 76.6. The number of halogens is 5. The van der Waals surface area contributed by atoms with Crippen molar-refractivity contribution in [2.75, 3.05) is 14.2 Å². The van der Waals surface area contributed by atoms with Crippen molar-refractivity contribution in [1.29, 1.82) is 0 Å². The fourth-order valence-corrected chi connectivity index (χ4v) is 2.15. The standard InChI is InChI=1S/C18H15F5O2/c1-24-14-7-3-12(4-8-14)11-16(17(19,20)18(21,22)23)13-5-9-15(25-2)10-6-13/h3-11H,1-2H3/b16-11-. The Labute approximate surface area is 141 Å². The number of rotatable bonds is 5. The van der Waals surface area contributed by atoms with Gasteiger partial charge in [0.25, 0.3) is 0 Å². The Morgan fingerprint density at radius 2 is 1.20 bits per heavy atom. The molecule has 0 spiro atoms. The number of hydrogen-bond donors (Lipinski definition) is 0. The van der Waals surface area contributed by atoms with Crippen molar-refractivity contribution >= 4 is 11.6 Å². The Balaban J connectivity index is 2.56. The van der Waals surface area contributed by atoms with Gasteiger partial charge in [-0.15, -0.1) is 0 Å². The van der Waals surface area contributed by atoms with Gasteiger partial charge in [-0.05, 0) is 41.5 Å². The van der Waals surface area contributed by atoms with Gasteiger partial charge in [0.05, 0.1) is 14.2 Å². The van der Waals surface area contributed by atoms with E-state index >= 15 is 0 Å². The average Bonchev–Trinajstić information content (AvgIpc) is 2.59. The van der Waals surface area contributed by atoms with Crippen LogP contribution in [0.1, 0.15) is 11.1 Å². The molecule has 0 atom stereocenters. The molecular formula is C18H15F5O2. The second kappa shape index (κ2) is 7.13. The van der Waals surface area contributed by atoms with Gasteiger partial charge >= 0.3 is 12.1 Å². The Morgan fingerprint density at radius 3 is 1.60 bits per heavy atom. The van der Waals surface area contributed by atoms with Gasteiger partial charge in [-0.2, -0.15) is 22.0 Å². The van der Waals surface area contributed by atoms with Gasteiger partial charge in [0.15, 0.2) is 0 Å². The van der Waals surface area contributed by atoms with Crippen molar-refractivity contribution in [1.82, 2.24) is 0 Å². The fourth-order valence-electron chi connectivity index (χ4n) is 2.15. The summed E-state index contributed by atoms with van der Waals surface area (Å²) in [5, 5.41) is 0. The minimum Gasteiger partial charge on any atom is -0.497 e. The van der Waals surface area contributed by atoms with Gasteiger partial charge in [0, 0.05) is 5.57 Å². The molecule has 0 fully saturated rings. The second-order valence-electron chi connectivity index (χ2n) is 5.13. The zero-order valence-corrected chi connectivity index (χ0v) is 13.4. The van der Waals surface area contributed by atoms with Gasteiger partial charge in [0.1, 0.15) is 11.5 Å². The molecule has 134 valence electrons. The Kier molecular flexibility index (Phi) is 5.35. The van der Waals surface area contributed by atoms with Crippen molar-refractivity contribution in [2.45, 2.75) is 12.1 Å². The van der Waals surface area contributed by atoms with E-state index in [9.17, 15) is 22.0 Å². The Bertz CT molecular complexity index is 732. The Morgan fingerprint density at radius 1 is 0.760 bits per heavy atom. The van der Waals surface area contributed by atoms with Crippen LogP contribution in [0.15, 0.2) is 48.5 Å². The van der Waals surface area contributed by atoms with Crippen LogP contribution in [-0.4, -0.2) is 26.3 Å². The molecule has 0 aliphatic rings. The first-order valence-corrected chi connectivity index (χ1v) is 7.14. The van der Waals surface area contributed by atoms with Crippen molar-refractivity contribution in [3.8, 4) is 11.5 Å². The smallest absolute Gasteiger partial charge is 0.458 e. The SMILES string of the molecule is COc1ccc(/C=C(/c2ccc(OC)cc2)C(F)(F)C(F)(F)F)cc1. The number of alkyl halides is 5. The van der Waals surface area contributed by atoms with Crippen LogP contribution in [-0.2, 0) is 0 Å². The molecule has 0 aliphatic heterocycles. The van der Waals surface area contributed by atoms with Crippen LogP contribution in [0.5, 0.6) is 11.5 Å². The number of methoxy groups -OCH3 is 2. The van der Waals surface area contributed by atoms with Crippen LogP contribution in [0.4, 0.5) is 22.0 Å². The van der Waals surface area contributed by atoms with Crippen LogP contribution in [0.2, 0.25) is 0 Å². The number of allylic oxidation sites excluding steroid dienone is 1. The molecule has 2 nitrogen and oxygen atoms in total. The third-order valence-electron chi connectivity index (χ3n) is 3.52. The largest absolute Gasteiger partial charge is 0.497 e. The highest BCUT2D eigenvalue weighted by Gasteiger charge is 2.60. The van der Waals surface area contributed by atoms with Crippen LogP contribution >= 0.6 is 0 Å². The topological polar surface area (TPSA) is 18.5 Å². The molecule has 0 heterocycles. The highest BCUT2D eigenvalue weighted by molar-refractivity contribution is 5.86. The van der Waals surface area contributed by atoms with E-state index in [4.69, 9.17) is 9.47 Å². The van der Waals surface area contributed by atoms with Crippen molar-refractivity contribution in [3.05, 3.63) is 59.7 Å². The lowest BCUT2D eigenvalue weighted by atomic mass is 9.96. The summed E-state index contributed by atoms with van der Waals surface area (Å²) in [6, 6.07) is 10.7.